The summed E-state index contributed by atoms with van der Waals surface area (Å²) in [5.74, 6) is -0.590. The summed E-state index contributed by atoms with van der Waals surface area (Å²) in [6, 6.07) is 24.3. The molecule has 3 aromatic carbocycles. The van der Waals surface area contributed by atoms with E-state index in [1.165, 1.54) is 0 Å². The molecule has 1 atom stereocenters. The highest BCUT2D eigenvalue weighted by molar-refractivity contribution is 6.33. The minimum Gasteiger partial charge on any atom is -0.426 e. The average molecular weight is 392 g/mol. The summed E-state index contributed by atoms with van der Waals surface area (Å²) in [6.07, 6.45) is 0.109. The normalized spacial score (nSPS) is 16.2. The van der Waals surface area contributed by atoms with Crippen LogP contribution in [0.1, 0.15) is 6.42 Å². The average Bonchev–Trinajstić information content (AvgIpc) is 3.11. The van der Waals surface area contributed by atoms with Crippen LogP contribution in [0.15, 0.2) is 78.9 Å². The van der Waals surface area contributed by atoms with Crippen molar-refractivity contribution in [2.75, 3.05) is 11.4 Å². The zero-order valence-corrected chi connectivity index (χ0v) is 15.8. The van der Waals surface area contributed by atoms with Crippen LogP contribution in [0.5, 0.6) is 5.75 Å². The molecule has 5 heteroatoms. The maximum Gasteiger partial charge on any atom is 0.316 e. The molecule has 28 heavy (non-hydrogen) atoms. The fourth-order valence-corrected chi connectivity index (χ4v) is 3.61. The van der Waals surface area contributed by atoms with E-state index in [1.807, 2.05) is 54.6 Å². The van der Waals surface area contributed by atoms with Gasteiger partial charge in [0.05, 0.1) is 16.6 Å². The van der Waals surface area contributed by atoms with Crippen molar-refractivity contribution in [1.29, 1.82) is 0 Å². The molecule has 4 nitrogen and oxygen atoms in total. The van der Waals surface area contributed by atoms with Gasteiger partial charge in [0.25, 0.3) is 0 Å². The minimum atomic E-state index is -0.535. The van der Waals surface area contributed by atoms with Crippen LogP contribution in [0, 0.1) is 5.92 Å². The summed E-state index contributed by atoms with van der Waals surface area (Å²) < 4.78 is 5.70. The van der Waals surface area contributed by atoms with Gasteiger partial charge in [0, 0.05) is 18.5 Å². The lowest BCUT2D eigenvalue weighted by atomic mass is 10.0. The number of amides is 1. The molecule has 0 aromatic heterocycles. The van der Waals surface area contributed by atoms with Crippen molar-refractivity contribution in [3.05, 3.63) is 83.9 Å². The number of carbonyl (C=O) groups excluding carboxylic acids is 2. The van der Waals surface area contributed by atoms with Crippen molar-refractivity contribution < 1.29 is 14.3 Å². The Morgan fingerprint density at radius 1 is 0.929 bits per heavy atom. The molecule has 3 aromatic rings. The van der Waals surface area contributed by atoms with Crippen LogP contribution in [0.2, 0.25) is 5.02 Å². The Hall–Kier alpha value is -3.11. The van der Waals surface area contributed by atoms with E-state index in [0.717, 1.165) is 11.1 Å². The Morgan fingerprint density at radius 2 is 1.61 bits per heavy atom. The van der Waals surface area contributed by atoms with E-state index in [0.29, 0.717) is 16.5 Å². The first-order valence-electron chi connectivity index (χ1n) is 9.04. The summed E-state index contributed by atoms with van der Waals surface area (Å²) in [7, 11) is 0. The van der Waals surface area contributed by atoms with Gasteiger partial charge in [-0.2, -0.15) is 0 Å². The van der Waals surface area contributed by atoms with E-state index in [9.17, 15) is 9.59 Å². The predicted octanol–water partition coefficient (Wildman–Crippen LogP) is 4.97. The molecular weight excluding hydrogens is 374 g/mol. The highest BCUT2D eigenvalue weighted by Gasteiger charge is 2.37. The van der Waals surface area contributed by atoms with E-state index in [1.54, 1.807) is 29.2 Å². The molecule has 1 aliphatic heterocycles. The number of para-hydroxylation sites is 2. The molecule has 140 valence electrons. The molecule has 0 saturated carbocycles. The first-order valence-corrected chi connectivity index (χ1v) is 9.42. The topological polar surface area (TPSA) is 46.6 Å². The highest BCUT2D eigenvalue weighted by atomic mass is 35.5. The molecular formula is C23H18ClNO3. The van der Waals surface area contributed by atoms with Crippen LogP contribution < -0.4 is 9.64 Å². The molecule has 0 spiro atoms. The Balaban J connectivity index is 1.53. The van der Waals surface area contributed by atoms with Crippen LogP contribution in [0.3, 0.4) is 0 Å². The third-order valence-electron chi connectivity index (χ3n) is 4.78. The number of halogens is 1. The monoisotopic (exact) mass is 391 g/mol. The van der Waals surface area contributed by atoms with Crippen LogP contribution >= 0.6 is 11.6 Å². The van der Waals surface area contributed by atoms with Crippen LogP contribution in [0.4, 0.5) is 5.69 Å². The minimum absolute atomic E-state index is 0.109. The van der Waals surface area contributed by atoms with E-state index in [-0.39, 0.29) is 18.9 Å². The van der Waals surface area contributed by atoms with Gasteiger partial charge in [-0.15, -0.1) is 0 Å². The van der Waals surface area contributed by atoms with Crippen molar-refractivity contribution in [2.24, 2.45) is 5.92 Å². The zero-order valence-electron chi connectivity index (χ0n) is 15.0. The number of esters is 1. The van der Waals surface area contributed by atoms with Crippen LogP contribution in [0.25, 0.3) is 11.1 Å². The quantitative estimate of drug-likeness (QED) is 0.466. The summed E-state index contributed by atoms with van der Waals surface area (Å²) in [5.41, 5.74) is 2.42. The van der Waals surface area contributed by atoms with Gasteiger partial charge in [-0.25, -0.2) is 0 Å². The Bertz CT molecular complexity index is 1020. The lowest BCUT2D eigenvalue weighted by Crippen LogP contribution is -2.27. The van der Waals surface area contributed by atoms with Crippen LogP contribution in [-0.2, 0) is 9.59 Å². The molecule has 1 amide bonds. The molecule has 0 unspecified atom stereocenters. The maximum absolute atomic E-state index is 12.8. The standard InChI is InChI=1S/C23H18ClNO3/c24-19-11-5-6-12-20(19)25-15-17(14-22(25)26)23(27)28-21-13-7-4-10-18(21)16-8-2-1-3-9-16/h1-13,17H,14-15H2/t17-/m1/s1. The fraction of sp³-hybridized carbons (Fsp3) is 0.130. The van der Waals surface area contributed by atoms with Gasteiger partial charge < -0.3 is 9.64 Å². The Labute approximate surface area is 168 Å². The molecule has 0 aliphatic carbocycles. The van der Waals surface area contributed by atoms with Gasteiger partial charge >= 0.3 is 5.97 Å². The number of carbonyl (C=O) groups is 2. The summed E-state index contributed by atoms with van der Waals surface area (Å²) in [5, 5.41) is 0.485. The number of hydrogen-bond donors (Lipinski definition) is 0. The van der Waals surface area contributed by atoms with E-state index in [2.05, 4.69) is 0 Å². The van der Waals surface area contributed by atoms with E-state index < -0.39 is 11.9 Å². The van der Waals surface area contributed by atoms with Gasteiger partial charge in [0.2, 0.25) is 5.91 Å². The second-order valence-electron chi connectivity index (χ2n) is 6.64. The summed E-state index contributed by atoms with van der Waals surface area (Å²) in [6.45, 7) is 0.259. The number of nitrogens with zero attached hydrogens (tertiary/aromatic N) is 1. The summed E-state index contributed by atoms with van der Waals surface area (Å²) in [4.78, 5) is 26.8. The molecule has 4 rings (SSSR count). The molecule has 1 saturated heterocycles. The molecule has 1 heterocycles. The zero-order chi connectivity index (χ0) is 19.5. The van der Waals surface area contributed by atoms with Crippen molar-refractivity contribution in [3.8, 4) is 16.9 Å². The van der Waals surface area contributed by atoms with Crippen molar-refractivity contribution >= 4 is 29.2 Å². The molecule has 0 radical (unpaired) electrons. The second-order valence-corrected chi connectivity index (χ2v) is 7.05. The fourth-order valence-electron chi connectivity index (χ4n) is 3.37. The summed E-state index contributed by atoms with van der Waals surface area (Å²) >= 11 is 6.21. The highest BCUT2D eigenvalue weighted by Crippen LogP contribution is 2.33. The van der Waals surface area contributed by atoms with Gasteiger partial charge in [-0.3, -0.25) is 9.59 Å². The first-order chi connectivity index (χ1) is 13.6. The lowest BCUT2D eigenvalue weighted by Gasteiger charge is -2.18. The Morgan fingerprint density at radius 3 is 2.39 bits per heavy atom. The Kier molecular flexibility index (Phi) is 5.13. The van der Waals surface area contributed by atoms with E-state index in [4.69, 9.17) is 16.3 Å². The first kappa shape index (κ1) is 18.3. The van der Waals surface area contributed by atoms with Crippen molar-refractivity contribution in [3.63, 3.8) is 0 Å². The van der Waals surface area contributed by atoms with E-state index >= 15 is 0 Å². The third kappa shape index (κ3) is 3.64. The van der Waals surface area contributed by atoms with Gasteiger partial charge in [-0.05, 0) is 23.8 Å². The lowest BCUT2D eigenvalue weighted by molar-refractivity contribution is -0.139. The number of rotatable bonds is 4. The van der Waals surface area contributed by atoms with Gasteiger partial charge in [0.15, 0.2) is 0 Å². The van der Waals surface area contributed by atoms with Crippen molar-refractivity contribution in [2.45, 2.75) is 6.42 Å². The molecule has 1 aliphatic rings. The predicted molar refractivity (Wildman–Crippen MR) is 109 cm³/mol. The van der Waals surface area contributed by atoms with Crippen LogP contribution in [-0.4, -0.2) is 18.4 Å². The molecule has 1 fully saturated rings. The molecule has 0 bridgehead atoms. The number of anilines is 1. The number of ether oxygens (including phenoxy) is 1. The smallest absolute Gasteiger partial charge is 0.316 e. The van der Waals surface area contributed by atoms with Gasteiger partial charge in [0.1, 0.15) is 5.75 Å². The van der Waals surface area contributed by atoms with Gasteiger partial charge in [-0.1, -0.05) is 72.3 Å². The largest absolute Gasteiger partial charge is 0.426 e. The molecule has 0 N–H and O–H groups in total. The SMILES string of the molecule is O=C(Oc1ccccc1-c1ccccc1)[C@@H]1CC(=O)N(c2ccccc2Cl)C1. The number of hydrogen-bond acceptors (Lipinski definition) is 3. The number of benzene rings is 3. The third-order valence-corrected chi connectivity index (χ3v) is 5.10. The second kappa shape index (κ2) is 7.87. The maximum atomic E-state index is 12.8. The van der Waals surface area contributed by atoms with Crippen molar-refractivity contribution in [1.82, 2.24) is 0 Å².